The summed E-state index contributed by atoms with van der Waals surface area (Å²) in [6, 6.07) is 21.2. The van der Waals surface area contributed by atoms with Gasteiger partial charge in [0.15, 0.2) is 0 Å². The molecule has 4 rings (SSSR count). The molecule has 3 aromatic carbocycles. The first-order chi connectivity index (χ1) is 16.2. The quantitative estimate of drug-likeness (QED) is 0.280. The molecular weight excluding hydrogens is 520 g/mol. The molecule has 1 fully saturated rings. The van der Waals surface area contributed by atoms with Crippen LogP contribution in [0.1, 0.15) is 22.7 Å². The van der Waals surface area contributed by atoms with E-state index in [4.69, 9.17) is 5.14 Å². The highest BCUT2D eigenvalue weighted by Gasteiger charge is 2.45. The summed E-state index contributed by atoms with van der Waals surface area (Å²) in [6.07, 6.45) is 0.375. The molecule has 1 amide bonds. The molecule has 0 saturated carbocycles. The number of nitrogens with two attached hydrogens (primary N) is 1. The van der Waals surface area contributed by atoms with Gasteiger partial charge in [0.1, 0.15) is 5.76 Å². The van der Waals surface area contributed by atoms with Crippen molar-refractivity contribution in [2.45, 2.75) is 17.4 Å². The number of hydrogen-bond acceptors (Lipinski definition) is 5. The molecule has 0 spiro atoms. The second-order valence-corrected chi connectivity index (χ2v) is 10.3. The summed E-state index contributed by atoms with van der Waals surface area (Å²) in [5.41, 5.74) is 1.93. The van der Waals surface area contributed by atoms with Crippen LogP contribution in [0.25, 0.3) is 5.76 Å². The van der Waals surface area contributed by atoms with Crippen molar-refractivity contribution >= 4 is 43.4 Å². The smallest absolute Gasteiger partial charge is 0.295 e. The predicted octanol–water partition coefficient (Wildman–Crippen LogP) is 3.76. The topological polar surface area (TPSA) is 118 Å². The largest absolute Gasteiger partial charge is 0.507 e. The van der Waals surface area contributed by atoms with Crippen LogP contribution >= 0.6 is 15.9 Å². The second kappa shape index (κ2) is 9.54. The van der Waals surface area contributed by atoms with E-state index < -0.39 is 27.8 Å². The van der Waals surface area contributed by atoms with Crippen molar-refractivity contribution in [1.29, 1.82) is 0 Å². The van der Waals surface area contributed by atoms with Gasteiger partial charge in [0.05, 0.1) is 16.5 Å². The minimum atomic E-state index is -3.80. The number of aliphatic hydroxyl groups is 1. The van der Waals surface area contributed by atoms with Gasteiger partial charge in [-0.2, -0.15) is 0 Å². The Morgan fingerprint density at radius 1 is 0.941 bits per heavy atom. The van der Waals surface area contributed by atoms with Crippen molar-refractivity contribution in [2.24, 2.45) is 5.14 Å². The van der Waals surface area contributed by atoms with E-state index in [0.29, 0.717) is 17.5 Å². The molecule has 1 atom stereocenters. The highest BCUT2D eigenvalue weighted by molar-refractivity contribution is 9.10. The van der Waals surface area contributed by atoms with E-state index in [9.17, 15) is 23.1 Å². The Morgan fingerprint density at radius 2 is 1.56 bits per heavy atom. The van der Waals surface area contributed by atoms with Crippen LogP contribution in [0.5, 0.6) is 0 Å². The normalized spacial score (nSPS) is 17.8. The molecule has 0 bridgehead atoms. The minimum Gasteiger partial charge on any atom is -0.507 e. The van der Waals surface area contributed by atoms with Crippen molar-refractivity contribution in [3.63, 3.8) is 0 Å². The molecule has 0 aromatic heterocycles. The number of halogens is 1. The lowest BCUT2D eigenvalue weighted by Crippen LogP contribution is -2.31. The number of Topliss-reactive ketones (excluding diaryl/α,β-unsaturated/α-hetero) is 1. The van der Waals surface area contributed by atoms with Crippen molar-refractivity contribution in [3.05, 3.63) is 106 Å². The third kappa shape index (κ3) is 4.82. The summed E-state index contributed by atoms with van der Waals surface area (Å²) >= 11 is 3.35. The number of ketones is 1. The van der Waals surface area contributed by atoms with Gasteiger partial charge in [0, 0.05) is 16.6 Å². The van der Waals surface area contributed by atoms with E-state index in [-0.39, 0.29) is 22.8 Å². The molecule has 3 aromatic rings. The van der Waals surface area contributed by atoms with E-state index >= 15 is 0 Å². The van der Waals surface area contributed by atoms with Crippen molar-refractivity contribution in [2.75, 3.05) is 6.54 Å². The molecule has 0 radical (unpaired) electrons. The summed E-state index contributed by atoms with van der Waals surface area (Å²) in [5.74, 6) is -1.69. The Hall–Kier alpha value is -3.27. The van der Waals surface area contributed by atoms with E-state index in [0.717, 1.165) is 10.0 Å². The predicted molar refractivity (Wildman–Crippen MR) is 131 cm³/mol. The third-order valence-corrected chi connectivity index (χ3v) is 7.12. The lowest BCUT2D eigenvalue weighted by Gasteiger charge is -2.25. The molecule has 0 unspecified atom stereocenters. The van der Waals surface area contributed by atoms with Crippen LogP contribution in [0.4, 0.5) is 0 Å². The number of likely N-dealkylation sites (tertiary alicyclic amines) is 1. The van der Waals surface area contributed by atoms with Crippen LogP contribution in [0, 0.1) is 0 Å². The molecule has 174 valence electrons. The molecular formula is C25H21BrN2O5S. The van der Waals surface area contributed by atoms with E-state index in [1.807, 2.05) is 6.07 Å². The lowest BCUT2D eigenvalue weighted by atomic mass is 9.95. The molecule has 1 aliphatic rings. The van der Waals surface area contributed by atoms with Crippen LogP contribution in [0.15, 0.2) is 93.8 Å². The van der Waals surface area contributed by atoms with Gasteiger partial charge in [-0.05, 0) is 41.8 Å². The Kier molecular flexibility index (Phi) is 6.70. The first-order valence-corrected chi connectivity index (χ1v) is 12.7. The first kappa shape index (κ1) is 23.9. The Labute approximate surface area is 205 Å². The standard InChI is InChI=1S/C25H21BrN2O5S/c26-19-10-8-18(9-11-19)23(29)21-22(17-4-2-1-3-5-17)28(25(31)24(21)30)15-14-16-6-12-20(13-7-16)34(27,32)33/h1-13,22,29H,14-15H2,(H2,27,32,33)/t22-/m1/s1. The van der Waals surface area contributed by atoms with Gasteiger partial charge in [0.25, 0.3) is 11.7 Å². The lowest BCUT2D eigenvalue weighted by molar-refractivity contribution is -0.139. The number of sulfonamides is 1. The summed E-state index contributed by atoms with van der Waals surface area (Å²) in [4.78, 5) is 27.5. The number of aliphatic hydroxyl groups excluding tert-OH is 1. The molecule has 1 saturated heterocycles. The van der Waals surface area contributed by atoms with Crippen LogP contribution in [0.2, 0.25) is 0 Å². The zero-order valence-corrected chi connectivity index (χ0v) is 20.3. The van der Waals surface area contributed by atoms with E-state index in [1.165, 1.54) is 17.0 Å². The second-order valence-electron chi connectivity index (χ2n) is 7.85. The van der Waals surface area contributed by atoms with Gasteiger partial charge in [-0.25, -0.2) is 13.6 Å². The number of benzene rings is 3. The Morgan fingerprint density at radius 3 is 2.15 bits per heavy atom. The third-order valence-electron chi connectivity index (χ3n) is 5.67. The number of amides is 1. The molecule has 7 nitrogen and oxygen atoms in total. The molecule has 0 aliphatic carbocycles. The average molecular weight is 541 g/mol. The fourth-order valence-electron chi connectivity index (χ4n) is 3.95. The average Bonchev–Trinajstić information content (AvgIpc) is 3.08. The maximum absolute atomic E-state index is 13.0. The van der Waals surface area contributed by atoms with Crippen LogP contribution < -0.4 is 5.14 Å². The highest BCUT2D eigenvalue weighted by atomic mass is 79.9. The SMILES string of the molecule is NS(=O)(=O)c1ccc(CCN2C(=O)C(=O)C(=C(O)c3ccc(Br)cc3)[C@H]2c2ccccc2)cc1. The fourth-order valence-corrected chi connectivity index (χ4v) is 4.73. The molecule has 1 heterocycles. The zero-order valence-electron chi connectivity index (χ0n) is 17.9. The molecule has 3 N–H and O–H groups in total. The van der Waals surface area contributed by atoms with Gasteiger partial charge in [-0.1, -0.05) is 70.5 Å². The van der Waals surface area contributed by atoms with Gasteiger partial charge in [-0.15, -0.1) is 0 Å². The number of nitrogens with zero attached hydrogens (tertiary/aromatic N) is 1. The zero-order chi connectivity index (χ0) is 24.5. The van der Waals surface area contributed by atoms with Gasteiger partial charge < -0.3 is 10.0 Å². The monoisotopic (exact) mass is 540 g/mol. The van der Waals surface area contributed by atoms with Crippen molar-refractivity contribution in [1.82, 2.24) is 4.90 Å². The summed E-state index contributed by atoms with van der Waals surface area (Å²) < 4.78 is 23.8. The molecule has 9 heteroatoms. The maximum atomic E-state index is 13.0. The summed E-state index contributed by atoms with van der Waals surface area (Å²) in [7, 11) is -3.80. The number of carbonyl (C=O) groups is 2. The van der Waals surface area contributed by atoms with E-state index in [1.54, 1.807) is 60.7 Å². The van der Waals surface area contributed by atoms with Crippen molar-refractivity contribution < 1.29 is 23.1 Å². The summed E-state index contributed by atoms with van der Waals surface area (Å²) in [6.45, 7) is 0.190. The fraction of sp³-hybridized carbons (Fsp3) is 0.120. The van der Waals surface area contributed by atoms with Crippen LogP contribution in [-0.2, 0) is 26.0 Å². The Bertz CT molecular complexity index is 1370. The maximum Gasteiger partial charge on any atom is 0.295 e. The van der Waals surface area contributed by atoms with Gasteiger partial charge in [0.2, 0.25) is 10.0 Å². The number of rotatable bonds is 6. The van der Waals surface area contributed by atoms with Gasteiger partial charge in [-0.3, -0.25) is 9.59 Å². The number of carbonyl (C=O) groups excluding carboxylic acids is 2. The Balaban J connectivity index is 1.70. The number of primary sulfonamides is 1. The van der Waals surface area contributed by atoms with Crippen LogP contribution in [-0.4, -0.2) is 36.7 Å². The van der Waals surface area contributed by atoms with E-state index in [2.05, 4.69) is 15.9 Å². The van der Waals surface area contributed by atoms with Crippen LogP contribution in [0.3, 0.4) is 0 Å². The highest BCUT2D eigenvalue weighted by Crippen LogP contribution is 2.39. The molecule has 1 aliphatic heterocycles. The summed E-state index contributed by atoms with van der Waals surface area (Å²) in [5, 5.41) is 16.2. The minimum absolute atomic E-state index is 0.00419. The first-order valence-electron chi connectivity index (χ1n) is 10.4. The molecule has 34 heavy (non-hydrogen) atoms. The van der Waals surface area contributed by atoms with Gasteiger partial charge >= 0.3 is 0 Å². The number of hydrogen-bond donors (Lipinski definition) is 2. The van der Waals surface area contributed by atoms with Crippen molar-refractivity contribution in [3.8, 4) is 0 Å².